The van der Waals surface area contributed by atoms with E-state index in [-0.39, 0.29) is 18.1 Å². The van der Waals surface area contributed by atoms with Gasteiger partial charge in [-0.05, 0) is 6.08 Å². The van der Waals surface area contributed by atoms with E-state index in [9.17, 15) is 21.6 Å². The Morgan fingerprint density at radius 3 is 2.60 bits per heavy atom. The van der Waals surface area contributed by atoms with Gasteiger partial charge in [0, 0.05) is 19.4 Å². The number of aromatic nitrogens is 2. The molecule has 0 unspecified atom stereocenters. The highest BCUT2D eigenvalue weighted by Gasteiger charge is 2.35. The summed E-state index contributed by atoms with van der Waals surface area (Å²) in [6, 6.07) is 0. The van der Waals surface area contributed by atoms with Crippen molar-refractivity contribution in [3.63, 3.8) is 0 Å². The molecule has 20 heavy (non-hydrogen) atoms. The molecule has 0 fully saturated rings. The number of nitrogens with zero attached hydrogens (tertiary/aromatic N) is 4. The summed E-state index contributed by atoms with van der Waals surface area (Å²) in [6.45, 7) is -0.442. The van der Waals surface area contributed by atoms with Crippen molar-refractivity contribution in [1.82, 2.24) is 13.9 Å². The summed E-state index contributed by atoms with van der Waals surface area (Å²) >= 11 is 0. The van der Waals surface area contributed by atoms with Gasteiger partial charge in [-0.25, -0.2) is 4.98 Å². The van der Waals surface area contributed by atoms with Crippen molar-refractivity contribution in [3.8, 4) is 0 Å². The number of alkyl halides is 3. The summed E-state index contributed by atoms with van der Waals surface area (Å²) < 4.78 is 64.1. The maximum absolute atomic E-state index is 12.5. The van der Waals surface area contributed by atoms with Crippen LogP contribution in [0, 0.1) is 0 Å². The quantitative estimate of drug-likeness (QED) is 0.816. The Balaban J connectivity index is 2.28. The third-order valence-corrected chi connectivity index (χ3v) is 4.21. The minimum absolute atomic E-state index is 0.172. The number of allylic oxidation sites excluding steroid dienone is 1. The lowest BCUT2D eigenvalue weighted by atomic mass is 10.3. The van der Waals surface area contributed by atoms with Gasteiger partial charge in [0.25, 0.3) is 10.0 Å². The molecule has 10 heteroatoms. The number of imidazole rings is 1. The van der Waals surface area contributed by atoms with Crippen LogP contribution in [-0.4, -0.2) is 47.3 Å². The van der Waals surface area contributed by atoms with Gasteiger partial charge in [-0.2, -0.15) is 21.6 Å². The van der Waals surface area contributed by atoms with Crippen LogP contribution in [0.5, 0.6) is 0 Å². The number of aliphatic imine (C=N–C) groups is 1. The normalized spacial score (nSPS) is 17.0. The molecule has 0 aromatic carbocycles. The van der Waals surface area contributed by atoms with Crippen LogP contribution in [0.15, 0.2) is 34.8 Å². The molecule has 1 aliphatic rings. The lowest BCUT2D eigenvalue weighted by Gasteiger charge is -2.16. The SMILES string of the molecule is Cn1cnc(S(=O)(=O)N2C=CC(C(F)(F)F)=NCC2)c1. The van der Waals surface area contributed by atoms with Crippen LogP contribution in [0.3, 0.4) is 0 Å². The first-order valence-electron chi connectivity index (χ1n) is 5.51. The fraction of sp³-hybridized carbons (Fsp3) is 0.400. The Morgan fingerprint density at radius 2 is 2.05 bits per heavy atom. The highest BCUT2D eigenvalue weighted by atomic mass is 32.2. The van der Waals surface area contributed by atoms with Gasteiger partial charge in [0.15, 0.2) is 5.03 Å². The van der Waals surface area contributed by atoms with E-state index >= 15 is 0 Å². The second-order valence-corrected chi connectivity index (χ2v) is 5.91. The molecule has 0 amide bonds. The first-order chi connectivity index (χ1) is 9.21. The Morgan fingerprint density at radius 1 is 1.35 bits per heavy atom. The van der Waals surface area contributed by atoms with Gasteiger partial charge in [-0.15, -0.1) is 0 Å². The van der Waals surface area contributed by atoms with Gasteiger partial charge in [-0.3, -0.25) is 9.30 Å². The monoisotopic (exact) mass is 308 g/mol. The van der Waals surface area contributed by atoms with Crippen molar-refractivity contribution in [2.75, 3.05) is 13.1 Å². The summed E-state index contributed by atoms with van der Waals surface area (Å²) in [6.07, 6.45) is -0.510. The molecule has 0 saturated heterocycles. The van der Waals surface area contributed by atoms with Crippen LogP contribution in [0.25, 0.3) is 0 Å². The molecule has 1 aromatic heterocycles. The lowest BCUT2D eigenvalue weighted by Crippen LogP contribution is -2.28. The van der Waals surface area contributed by atoms with E-state index in [1.807, 2.05) is 0 Å². The molecule has 2 rings (SSSR count). The van der Waals surface area contributed by atoms with Crippen molar-refractivity contribution in [2.45, 2.75) is 11.2 Å². The average molecular weight is 308 g/mol. The molecule has 2 heterocycles. The van der Waals surface area contributed by atoms with Crippen molar-refractivity contribution in [2.24, 2.45) is 12.0 Å². The molecule has 110 valence electrons. The molecule has 6 nitrogen and oxygen atoms in total. The lowest BCUT2D eigenvalue weighted by molar-refractivity contribution is -0.0578. The van der Waals surface area contributed by atoms with E-state index in [1.54, 1.807) is 7.05 Å². The molecule has 0 N–H and O–H groups in total. The first-order valence-corrected chi connectivity index (χ1v) is 6.95. The third-order valence-electron chi connectivity index (χ3n) is 2.55. The topological polar surface area (TPSA) is 67.6 Å². The zero-order chi connectivity index (χ0) is 15.0. The maximum Gasteiger partial charge on any atom is 0.432 e. The number of hydrogen-bond acceptors (Lipinski definition) is 4. The predicted molar refractivity (Wildman–Crippen MR) is 64.6 cm³/mol. The molecule has 0 bridgehead atoms. The Labute approximate surface area is 113 Å². The van der Waals surface area contributed by atoms with E-state index in [1.165, 1.54) is 17.1 Å². The third kappa shape index (κ3) is 2.84. The van der Waals surface area contributed by atoms with Crippen LogP contribution >= 0.6 is 0 Å². The van der Waals surface area contributed by atoms with E-state index in [0.29, 0.717) is 6.08 Å². The van der Waals surface area contributed by atoms with Gasteiger partial charge >= 0.3 is 6.18 Å². The average Bonchev–Trinajstić information content (AvgIpc) is 2.63. The standard InChI is InChI=1S/C10H11F3N4O2S/c1-16-6-9(15-7-16)20(18,19)17-4-2-8(10(11,12)13)14-3-5-17/h2,4,6-7H,3,5H2,1H3. The summed E-state index contributed by atoms with van der Waals surface area (Å²) in [5.41, 5.74) is -1.10. The molecule has 0 atom stereocenters. The Bertz CT molecular complexity index is 660. The zero-order valence-electron chi connectivity index (χ0n) is 10.4. The van der Waals surface area contributed by atoms with Crippen LogP contribution in [-0.2, 0) is 17.1 Å². The first kappa shape index (κ1) is 14.6. The van der Waals surface area contributed by atoms with E-state index in [4.69, 9.17) is 0 Å². The molecule has 1 aliphatic heterocycles. The fourth-order valence-corrected chi connectivity index (χ4v) is 2.84. The smallest absolute Gasteiger partial charge is 0.339 e. The van der Waals surface area contributed by atoms with Crippen molar-refractivity contribution >= 4 is 15.7 Å². The van der Waals surface area contributed by atoms with Gasteiger partial charge in [0.05, 0.1) is 19.4 Å². The minimum atomic E-state index is -4.60. The summed E-state index contributed by atoms with van der Waals surface area (Å²) in [5.74, 6) is 0. The minimum Gasteiger partial charge on any atom is -0.339 e. The molecule has 0 radical (unpaired) electrons. The fourth-order valence-electron chi connectivity index (χ4n) is 1.58. The second kappa shape index (κ2) is 4.93. The Hall–Kier alpha value is -1.84. The van der Waals surface area contributed by atoms with E-state index in [0.717, 1.165) is 10.5 Å². The van der Waals surface area contributed by atoms with E-state index in [2.05, 4.69) is 9.98 Å². The molecule has 0 spiro atoms. The maximum atomic E-state index is 12.5. The highest BCUT2D eigenvalue weighted by molar-refractivity contribution is 7.89. The molecule has 1 aromatic rings. The Kier molecular flexibility index (Phi) is 3.59. The van der Waals surface area contributed by atoms with Crippen molar-refractivity contribution < 1.29 is 21.6 Å². The van der Waals surface area contributed by atoms with Crippen LogP contribution in [0.4, 0.5) is 13.2 Å². The van der Waals surface area contributed by atoms with Gasteiger partial charge in [0.1, 0.15) is 5.71 Å². The number of hydrogen-bond donors (Lipinski definition) is 0. The molecule has 0 aliphatic carbocycles. The van der Waals surface area contributed by atoms with Crippen LogP contribution in [0.1, 0.15) is 0 Å². The highest BCUT2D eigenvalue weighted by Crippen LogP contribution is 2.21. The number of halogens is 3. The van der Waals surface area contributed by atoms with Crippen LogP contribution < -0.4 is 0 Å². The zero-order valence-corrected chi connectivity index (χ0v) is 11.2. The van der Waals surface area contributed by atoms with E-state index < -0.39 is 21.9 Å². The van der Waals surface area contributed by atoms with Crippen molar-refractivity contribution in [1.29, 1.82) is 0 Å². The summed E-state index contributed by atoms with van der Waals surface area (Å²) in [7, 11) is -2.37. The summed E-state index contributed by atoms with van der Waals surface area (Å²) in [5, 5.41) is -0.222. The van der Waals surface area contributed by atoms with Gasteiger partial charge < -0.3 is 4.57 Å². The molecular formula is C10H11F3N4O2S. The largest absolute Gasteiger partial charge is 0.432 e. The second-order valence-electron chi connectivity index (χ2n) is 4.07. The predicted octanol–water partition coefficient (Wildman–Crippen LogP) is 0.941. The summed E-state index contributed by atoms with van der Waals surface area (Å²) in [4.78, 5) is 7.03. The molecule has 0 saturated carbocycles. The van der Waals surface area contributed by atoms with Gasteiger partial charge in [0.2, 0.25) is 0 Å². The van der Waals surface area contributed by atoms with Gasteiger partial charge in [-0.1, -0.05) is 0 Å². The number of rotatable bonds is 2. The molecular weight excluding hydrogens is 297 g/mol. The number of sulfonamides is 1. The van der Waals surface area contributed by atoms with Crippen LogP contribution in [0.2, 0.25) is 0 Å². The number of aryl methyl sites for hydroxylation is 1. The van der Waals surface area contributed by atoms with Crippen molar-refractivity contribution in [3.05, 3.63) is 24.8 Å².